The summed E-state index contributed by atoms with van der Waals surface area (Å²) in [6, 6.07) is 16.4. The van der Waals surface area contributed by atoms with Gasteiger partial charge in [-0.3, -0.25) is 14.7 Å². The number of nitrogens with zero attached hydrogens (tertiary/aromatic N) is 3. The van der Waals surface area contributed by atoms with Gasteiger partial charge in [-0.15, -0.1) is 11.3 Å². The highest BCUT2D eigenvalue weighted by molar-refractivity contribution is 7.12. The number of rotatable bonds is 4. The number of aryl methyl sites for hydroxylation is 2. The molecular weight excluding hydrogens is 420 g/mol. The Labute approximate surface area is 190 Å². The molecule has 2 aromatic heterocycles. The number of hydrogen-bond acceptors (Lipinski definition) is 4. The van der Waals surface area contributed by atoms with Crippen LogP contribution in [0.25, 0.3) is 16.4 Å². The van der Waals surface area contributed by atoms with E-state index in [4.69, 9.17) is 0 Å². The van der Waals surface area contributed by atoms with Gasteiger partial charge in [0.25, 0.3) is 5.56 Å². The third-order valence-corrected chi connectivity index (χ3v) is 6.86. The lowest BCUT2D eigenvalue weighted by Crippen LogP contribution is -2.37. The number of aromatic nitrogens is 3. The Kier molecular flexibility index (Phi) is 5.27. The molecule has 2 aromatic carbocycles. The fourth-order valence-electron chi connectivity index (χ4n) is 4.12. The fraction of sp³-hybridized carbons (Fsp3) is 0.240. The van der Waals surface area contributed by atoms with Gasteiger partial charge in [0.05, 0.1) is 12.1 Å². The Hall–Kier alpha value is -3.45. The fourth-order valence-corrected chi connectivity index (χ4v) is 4.91. The van der Waals surface area contributed by atoms with Crippen molar-refractivity contribution in [1.29, 1.82) is 0 Å². The average Bonchev–Trinajstić information content (AvgIpc) is 3.40. The molecule has 32 heavy (non-hydrogen) atoms. The van der Waals surface area contributed by atoms with Crippen molar-refractivity contribution in [3.8, 4) is 16.4 Å². The first-order valence-electron chi connectivity index (χ1n) is 10.7. The van der Waals surface area contributed by atoms with Crippen LogP contribution < -0.4 is 5.56 Å². The Balaban J connectivity index is 1.36. The molecule has 6 nitrogen and oxygen atoms in total. The summed E-state index contributed by atoms with van der Waals surface area (Å²) in [6.07, 6.45) is 0.936. The van der Waals surface area contributed by atoms with Gasteiger partial charge in [-0.2, -0.15) is 4.68 Å². The highest BCUT2D eigenvalue weighted by Crippen LogP contribution is 2.24. The molecule has 1 amide bonds. The van der Waals surface area contributed by atoms with Crippen molar-refractivity contribution in [1.82, 2.24) is 19.7 Å². The maximum absolute atomic E-state index is 13.1. The molecule has 0 fully saturated rings. The molecule has 4 aromatic rings. The molecule has 0 aliphatic carbocycles. The van der Waals surface area contributed by atoms with Gasteiger partial charge in [0.15, 0.2) is 0 Å². The Morgan fingerprint density at radius 2 is 1.84 bits per heavy atom. The van der Waals surface area contributed by atoms with Crippen molar-refractivity contribution < 1.29 is 4.79 Å². The first kappa shape index (κ1) is 20.5. The third-order valence-electron chi connectivity index (χ3n) is 6.04. The summed E-state index contributed by atoms with van der Waals surface area (Å²) in [5.41, 5.74) is 6.49. The number of nitrogens with one attached hydrogen (secondary N) is 1. The molecule has 5 rings (SSSR count). The van der Waals surface area contributed by atoms with E-state index in [1.54, 1.807) is 0 Å². The minimum atomic E-state index is -0.210. The van der Waals surface area contributed by atoms with Gasteiger partial charge < -0.3 is 4.90 Å². The maximum Gasteiger partial charge on any atom is 0.277 e. The van der Waals surface area contributed by atoms with Gasteiger partial charge in [-0.05, 0) is 31.4 Å². The quantitative estimate of drug-likeness (QED) is 0.517. The second kappa shape index (κ2) is 8.24. The molecule has 0 spiro atoms. The van der Waals surface area contributed by atoms with Crippen molar-refractivity contribution >= 4 is 17.2 Å². The monoisotopic (exact) mass is 444 g/mol. The zero-order chi connectivity index (χ0) is 22.2. The third kappa shape index (κ3) is 3.80. The van der Waals surface area contributed by atoms with Gasteiger partial charge in [0, 0.05) is 35.3 Å². The van der Waals surface area contributed by atoms with E-state index in [9.17, 15) is 9.59 Å². The molecule has 162 valence electrons. The summed E-state index contributed by atoms with van der Waals surface area (Å²) in [4.78, 5) is 32.6. The first-order valence-corrected chi connectivity index (χ1v) is 11.6. The lowest BCUT2D eigenvalue weighted by atomic mass is 9.99. The van der Waals surface area contributed by atoms with E-state index in [1.165, 1.54) is 32.7 Å². The number of amides is 1. The molecule has 0 bridgehead atoms. The van der Waals surface area contributed by atoms with Crippen LogP contribution in [0.15, 0.2) is 58.7 Å². The zero-order valence-electron chi connectivity index (χ0n) is 18.1. The van der Waals surface area contributed by atoms with Crippen molar-refractivity contribution in [3.05, 3.63) is 92.2 Å². The standard InChI is InChI=1S/C25H24N4O2S/c1-16-7-9-19(10-8-16)22-15-32-25(26-22)29-24(31)21(17(2)27-29)13-23(30)28-12-11-18-5-3-4-6-20(18)14-28/h3-10,15,27H,11-14H2,1-2H3. The summed E-state index contributed by atoms with van der Waals surface area (Å²) >= 11 is 1.40. The SMILES string of the molecule is Cc1ccc(-c2csc(-n3[nH]c(C)c(CC(=O)N4CCc5ccccc5C4)c3=O)n2)cc1. The number of hydrogen-bond donors (Lipinski definition) is 1. The van der Waals surface area contributed by atoms with Crippen molar-refractivity contribution in [3.63, 3.8) is 0 Å². The molecule has 7 heteroatoms. The van der Waals surface area contributed by atoms with Crippen LogP contribution in [-0.4, -0.2) is 32.1 Å². The van der Waals surface area contributed by atoms with E-state index in [0.717, 1.165) is 17.7 Å². The Bertz CT molecular complexity index is 1350. The zero-order valence-corrected chi connectivity index (χ0v) is 18.9. The lowest BCUT2D eigenvalue weighted by Gasteiger charge is -2.28. The van der Waals surface area contributed by atoms with E-state index in [2.05, 4.69) is 22.2 Å². The molecule has 0 unspecified atom stereocenters. The highest BCUT2D eigenvalue weighted by atomic mass is 32.1. The second-order valence-electron chi connectivity index (χ2n) is 8.25. The summed E-state index contributed by atoms with van der Waals surface area (Å²) in [7, 11) is 0. The van der Waals surface area contributed by atoms with Crippen LogP contribution in [0.4, 0.5) is 0 Å². The molecular formula is C25H24N4O2S. The smallest absolute Gasteiger partial charge is 0.277 e. The molecule has 0 saturated heterocycles. The molecule has 1 aliphatic rings. The van der Waals surface area contributed by atoms with Gasteiger partial charge in [-0.25, -0.2) is 4.98 Å². The van der Waals surface area contributed by atoms with Crippen LogP contribution in [0.1, 0.15) is 27.9 Å². The minimum absolute atomic E-state index is 0.0228. The predicted molar refractivity (Wildman–Crippen MR) is 126 cm³/mol. The van der Waals surface area contributed by atoms with Crippen LogP contribution in [-0.2, 0) is 24.2 Å². The summed E-state index contributed by atoms with van der Waals surface area (Å²) in [5.74, 6) is -0.0228. The first-order chi connectivity index (χ1) is 15.5. The average molecular weight is 445 g/mol. The molecule has 1 aliphatic heterocycles. The number of fused-ring (bicyclic) bond motifs is 1. The second-order valence-corrected chi connectivity index (χ2v) is 9.08. The van der Waals surface area contributed by atoms with Gasteiger partial charge in [0.2, 0.25) is 11.0 Å². The van der Waals surface area contributed by atoms with Gasteiger partial charge in [0.1, 0.15) is 0 Å². The highest BCUT2D eigenvalue weighted by Gasteiger charge is 2.24. The normalized spacial score (nSPS) is 13.2. The number of carbonyl (C=O) groups excluding carboxylic acids is 1. The van der Waals surface area contributed by atoms with E-state index in [0.29, 0.717) is 29.5 Å². The number of H-pyrrole nitrogens is 1. The summed E-state index contributed by atoms with van der Waals surface area (Å²) < 4.78 is 1.45. The van der Waals surface area contributed by atoms with Gasteiger partial charge in [-0.1, -0.05) is 54.1 Å². The van der Waals surface area contributed by atoms with E-state index in [1.807, 2.05) is 60.5 Å². The lowest BCUT2D eigenvalue weighted by molar-refractivity contribution is -0.131. The molecule has 0 radical (unpaired) electrons. The minimum Gasteiger partial charge on any atom is -0.338 e. The Morgan fingerprint density at radius 1 is 1.09 bits per heavy atom. The number of carbonyl (C=O) groups is 1. The van der Waals surface area contributed by atoms with Crippen LogP contribution in [0.3, 0.4) is 0 Å². The van der Waals surface area contributed by atoms with Crippen molar-refractivity contribution in [2.24, 2.45) is 0 Å². The summed E-state index contributed by atoms with van der Waals surface area (Å²) in [6.45, 7) is 5.16. The molecule has 1 N–H and O–H groups in total. The number of benzene rings is 2. The van der Waals surface area contributed by atoms with Crippen LogP contribution >= 0.6 is 11.3 Å². The van der Waals surface area contributed by atoms with E-state index >= 15 is 0 Å². The maximum atomic E-state index is 13.1. The van der Waals surface area contributed by atoms with Crippen LogP contribution in [0.5, 0.6) is 0 Å². The van der Waals surface area contributed by atoms with Crippen molar-refractivity contribution in [2.75, 3.05) is 6.54 Å². The van der Waals surface area contributed by atoms with E-state index < -0.39 is 0 Å². The number of aromatic amines is 1. The summed E-state index contributed by atoms with van der Waals surface area (Å²) in [5, 5.41) is 5.62. The van der Waals surface area contributed by atoms with Crippen LogP contribution in [0, 0.1) is 13.8 Å². The largest absolute Gasteiger partial charge is 0.338 e. The predicted octanol–water partition coefficient (Wildman–Crippen LogP) is 4.03. The Morgan fingerprint density at radius 3 is 2.62 bits per heavy atom. The topological polar surface area (TPSA) is 71.0 Å². The van der Waals surface area contributed by atoms with E-state index in [-0.39, 0.29) is 17.9 Å². The van der Waals surface area contributed by atoms with Gasteiger partial charge >= 0.3 is 0 Å². The molecule has 3 heterocycles. The van der Waals surface area contributed by atoms with Crippen LogP contribution in [0.2, 0.25) is 0 Å². The molecule has 0 saturated carbocycles. The number of thiazole rings is 1. The van der Waals surface area contributed by atoms with Crippen molar-refractivity contribution in [2.45, 2.75) is 33.2 Å². The molecule has 0 atom stereocenters.